The van der Waals surface area contributed by atoms with Gasteiger partial charge in [0.15, 0.2) is 0 Å². The smallest absolute Gasteiger partial charge is 0.410 e. The lowest BCUT2D eigenvalue weighted by atomic mass is 10.1. The van der Waals surface area contributed by atoms with E-state index in [1.807, 2.05) is 0 Å². The minimum Gasteiger partial charge on any atom is -0.497 e. The average molecular weight is 267 g/mol. The van der Waals surface area contributed by atoms with E-state index in [0.717, 1.165) is 0 Å². The molecule has 0 bridgehead atoms. The third kappa shape index (κ3) is 4.28. The molecule has 1 atom stereocenters. The van der Waals surface area contributed by atoms with Crippen molar-refractivity contribution in [1.82, 2.24) is 0 Å². The van der Waals surface area contributed by atoms with E-state index < -0.39 is 17.3 Å². The normalized spacial score (nSPS) is 14.6. The van der Waals surface area contributed by atoms with Crippen LogP contribution in [0.5, 0.6) is 5.75 Å². The summed E-state index contributed by atoms with van der Waals surface area (Å²) >= 11 is 5.38. The minimum atomic E-state index is -4.55. The molecule has 0 saturated carbocycles. The quantitative estimate of drug-likeness (QED) is 0.908. The maximum Gasteiger partial charge on any atom is 0.410 e. The van der Waals surface area contributed by atoms with Crippen LogP contribution < -0.4 is 4.74 Å². The third-order valence-corrected chi connectivity index (χ3v) is 2.31. The predicted molar refractivity (Wildman–Crippen MR) is 57.9 cm³/mol. The molecule has 17 heavy (non-hydrogen) atoms. The maximum absolute atomic E-state index is 12.0. The van der Waals surface area contributed by atoms with Gasteiger partial charge in [0.1, 0.15) is 11.9 Å². The molecule has 1 N–H and O–H groups in total. The molecular formula is C11H10ClF3O2. The second kappa shape index (κ2) is 5.42. The topological polar surface area (TPSA) is 29.5 Å². The number of halogens is 4. The van der Waals surface area contributed by atoms with Crippen molar-refractivity contribution in [2.75, 3.05) is 7.11 Å². The standard InChI is InChI=1S/C11H10ClF3O2/c1-17-8-4-2-7(3-5-8)10(16)9(12)6-11(13,14)15/h2-6,10,16H,1H3/b9-6+. The first-order valence-corrected chi connectivity index (χ1v) is 4.98. The Morgan fingerprint density at radius 2 is 1.88 bits per heavy atom. The largest absolute Gasteiger partial charge is 0.497 e. The van der Waals surface area contributed by atoms with E-state index in [2.05, 4.69) is 0 Å². The highest BCUT2D eigenvalue weighted by Gasteiger charge is 2.26. The Morgan fingerprint density at radius 3 is 2.29 bits per heavy atom. The van der Waals surface area contributed by atoms with Gasteiger partial charge in [-0.3, -0.25) is 0 Å². The van der Waals surface area contributed by atoms with E-state index >= 15 is 0 Å². The number of methoxy groups -OCH3 is 1. The van der Waals surface area contributed by atoms with Gasteiger partial charge in [0.05, 0.1) is 12.1 Å². The molecule has 94 valence electrons. The van der Waals surface area contributed by atoms with Gasteiger partial charge in [0.25, 0.3) is 0 Å². The van der Waals surface area contributed by atoms with E-state index in [9.17, 15) is 18.3 Å². The fourth-order valence-corrected chi connectivity index (χ4v) is 1.43. The molecule has 0 aromatic heterocycles. The van der Waals surface area contributed by atoms with Crippen molar-refractivity contribution in [3.05, 3.63) is 40.9 Å². The number of ether oxygens (including phenoxy) is 1. The molecule has 0 amide bonds. The number of hydrogen-bond donors (Lipinski definition) is 1. The Hall–Kier alpha value is -1.20. The van der Waals surface area contributed by atoms with E-state index in [1.54, 1.807) is 0 Å². The van der Waals surface area contributed by atoms with Crippen LogP contribution in [-0.2, 0) is 0 Å². The van der Waals surface area contributed by atoms with Crippen molar-refractivity contribution in [3.8, 4) is 5.75 Å². The highest BCUT2D eigenvalue weighted by Crippen LogP contribution is 2.30. The van der Waals surface area contributed by atoms with Crippen LogP contribution in [0.1, 0.15) is 11.7 Å². The van der Waals surface area contributed by atoms with Crippen LogP contribution in [0.25, 0.3) is 0 Å². The molecule has 0 heterocycles. The van der Waals surface area contributed by atoms with Gasteiger partial charge >= 0.3 is 6.18 Å². The molecule has 0 saturated heterocycles. The Morgan fingerprint density at radius 1 is 1.35 bits per heavy atom. The molecule has 6 heteroatoms. The van der Waals surface area contributed by atoms with Crippen LogP contribution in [0, 0.1) is 0 Å². The summed E-state index contributed by atoms with van der Waals surface area (Å²) in [6.45, 7) is 0. The van der Waals surface area contributed by atoms with E-state index in [0.29, 0.717) is 5.75 Å². The van der Waals surface area contributed by atoms with Gasteiger partial charge in [0, 0.05) is 6.08 Å². The van der Waals surface area contributed by atoms with Crippen LogP contribution in [0.2, 0.25) is 0 Å². The van der Waals surface area contributed by atoms with Crippen molar-refractivity contribution >= 4 is 11.6 Å². The van der Waals surface area contributed by atoms with Crippen LogP contribution in [0.3, 0.4) is 0 Å². The number of aliphatic hydroxyl groups excluding tert-OH is 1. The van der Waals surface area contributed by atoms with Crippen LogP contribution in [0.4, 0.5) is 13.2 Å². The van der Waals surface area contributed by atoms with Crippen LogP contribution >= 0.6 is 11.6 Å². The summed E-state index contributed by atoms with van der Waals surface area (Å²) in [4.78, 5) is 0. The van der Waals surface area contributed by atoms with E-state index in [-0.39, 0.29) is 11.6 Å². The lowest BCUT2D eigenvalue weighted by molar-refractivity contribution is -0.0808. The highest BCUT2D eigenvalue weighted by molar-refractivity contribution is 6.30. The van der Waals surface area contributed by atoms with Crippen molar-refractivity contribution in [2.24, 2.45) is 0 Å². The van der Waals surface area contributed by atoms with Gasteiger partial charge in [-0.05, 0) is 17.7 Å². The molecule has 0 spiro atoms. The van der Waals surface area contributed by atoms with E-state index in [4.69, 9.17) is 16.3 Å². The number of aliphatic hydroxyl groups is 1. The van der Waals surface area contributed by atoms with Gasteiger partial charge in [-0.1, -0.05) is 23.7 Å². The first-order valence-electron chi connectivity index (χ1n) is 4.60. The van der Waals surface area contributed by atoms with Gasteiger partial charge < -0.3 is 9.84 Å². The van der Waals surface area contributed by atoms with Crippen LogP contribution in [0.15, 0.2) is 35.4 Å². The van der Waals surface area contributed by atoms with Crippen molar-refractivity contribution in [2.45, 2.75) is 12.3 Å². The number of benzene rings is 1. The predicted octanol–water partition coefficient (Wildman–Crippen LogP) is 3.41. The van der Waals surface area contributed by atoms with Gasteiger partial charge in [-0.2, -0.15) is 13.2 Å². The fourth-order valence-electron chi connectivity index (χ4n) is 1.18. The molecule has 1 aromatic carbocycles. The van der Waals surface area contributed by atoms with E-state index in [1.165, 1.54) is 31.4 Å². The number of hydrogen-bond acceptors (Lipinski definition) is 2. The van der Waals surface area contributed by atoms with Gasteiger partial charge in [0.2, 0.25) is 0 Å². The average Bonchev–Trinajstić information content (AvgIpc) is 2.26. The summed E-state index contributed by atoms with van der Waals surface area (Å²) in [5.41, 5.74) is 0.260. The van der Waals surface area contributed by atoms with Crippen molar-refractivity contribution < 1.29 is 23.0 Å². The summed E-state index contributed by atoms with van der Waals surface area (Å²) in [5.74, 6) is 0.539. The molecule has 0 radical (unpaired) electrons. The monoisotopic (exact) mass is 266 g/mol. The summed E-state index contributed by atoms with van der Waals surface area (Å²) < 4.78 is 40.9. The zero-order valence-electron chi connectivity index (χ0n) is 8.83. The first kappa shape index (κ1) is 13.9. The third-order valence-electron chi connectivity index (χ3n) is 1.99. The summed E-state index contributed by atoms with van der Waals surface area (Å²) in [7, 11) is 1.46. The van der Waals surface area contributed by atoms with Gasteiger partial charge in [-0.25, -0.2) is 0 Å². The minimum absolute atomic E-state index is 0.135. The van der Waals surface area contributed by atoms with Crippen molar-refractivity contribution in [3.63, 3.8) is 0 Å². The highest BCUT2D eigenvalue weighted by atomic mass is 35.5. The maximum atomic E-state index is 12.0. The SMILES string of the molecule is COc1ccc(C(O)/C(Cl)=C\C(F)(F)F)cc1. The first-order chi connectivity index (χ1) is 7.83. The van der Waals surface area contributed by atoms with Gasteiger partial charge in [-0.15, -0.1) is 0 Å². The zero-order chi connectivity index (χ0) is 13.1. The fraction of sp³-hybridized carbons (Fsp3) is 0.273. The molecule has 2 nitrogen and oxygen atoms in total. The Bertz CT molecular complexity index is 398. The lowest BCUT2D eigenvalue weighted by Crippen LogP contribution is -2.06. The molecule has 0 aliphatic carbocycles. The summed E-state index contributed by atoms with van der Waals surface area (Å²) in [6.07, 6.45) is -6.18. The number of rotatable bonds is 3. The second-order valence-corrected chi connectivity index (χ2v) is 3.68. The summed E-state index contributed by atoms with van der Waals surface area (Å²) in [5, 5.41) is 8.90. The molecule has 0 aliphatic rings. The second-order valence-electron chi connectivity index (χ2n) is 3.25. The Balaban J connectivity index is 2.88. The molecule has 1 aromatic rings. The lowest BCUT2D eigenvalue weighted by Gasteiger charge is -2.11. The van der Waals surface area contributed by atoms with Crippen molar-refractivity contribution in [1.29, 1.82) is 0 Å². The number of allylic oxidation sites excluding steroid dienone is 1. The zero-order valence-corrected chi connectivity index (χ0v) is 9.59. The molecule has 1 rings (SSSR count). The Labute approximate surface area is 101 Å². The molecule has 1 unspecified atom stereocenters. The van der Waals surface area contributed by atoms with Crippen LogP contribution in [-0.4, -0.2) is 18.4 Å². The summed E-state index contributed by atoms with van der Waals surface area (Å²) in [6, 6.07) is 5.93. The number of alkyl halides is 3. The molecule has 0 fully saturated rings. The molecular weight excluding hydrogens is 257 g/mol. The molecule has 0 aliphatic heterocycles. The Kier molecular flexibility index (Phi) is 4.42.